The van der Waals surface area contributed by atoms with Crippen LogP contribution in [0.2, 0.25) is 5.02 Å². The van der Waals surface area contributed by atoms with Gasteiger partial charge in [0.1, 0.15) is 5.82 Å². The summed E-state index contributed by atoms with van der Waals surface area (Å²) in [7, 11) is 0. The van der Waals surface area contributed by atoms with E-state index < -0.39 is 0 Å². The maximum Gasteiger partial charge on any atom is 0.142 e. The Morgan fingerprint density at radius 3 is 2.81 bits per heavy atom. The standard InChI is InChI=1S/C12H14ClFN2/c1-7-5-16(6-8(2)15)12-4-10(13)11(14)3-9(7)12/h3-5,8H,6,15H2,1-2H3/t8-/m0/s1. The average Bonchev–Trinajstić information content (AvgIpc) is 2.44. The zero-order valence-corrected chi connectivity index (χ0v) is 10.1. The number of rotatable bonds is 2. The monoisotopic (exact) mass is 240 g/mol. The van der Waals surface area contributed by atoms with E-state index in [1.54, 1.807) is 6.07 Å². The minimum Gasteiger partial charge on any atom is -0.346 e. The molecular weight excluding hydrogens is 227 g/mol. The summed E-state index contributed by atoms with van der Waals surface area (Å²) in [5, 5.41) is 1.04. The fraction of sp³-hybridized carbons (Fsp3) is 0.333. The smallest absolute Gasteiger partial charge is 0.142 e. The van der Waals surface area contributed by atoms with Crippen molar-refractivity contribution in [1.29, 1.82) is 0 Å². The van der Waals surface area contributed by atoms with E-state index in [0.29, 0.717) is 6.54 Å². The quantitative estimate of drug-likeness (QED) is 0.859. The Morgan fingerprint density at radius 2 is 2.19 bits per heavy atom. The fourth-order valence-corrected chi connectivity index (χ4v) is 2.08. The van der Waals surface area contributed by atoms with Crippen molar-refractivity contribution in [2.75, 3.05) is 0 Å². The number of aromatic nitrogens is 1. The molecule has 2 rings (SSSR count). The summed E-state index contributed by atoms with van der Waals surface area (Å²) in [6.07, 6.45) is 1.98. The van der Waals surface area contributed by atoms with E-state index in [9.17, 15) is 4.39 Å². The first-order chi connectivity index (χ1) is 7.49. The van der Waals surface area contributed by atoms with Crippen molar-refractivity contribution < 1.29 is 4.39 Å². The highest BCUT2D eigenvalue weighted by Gasteiger charge is 2.10. The van der Waals surface area contributed by atoms with Gasteiger partial charge in [0.05, 0.1) is 10.5 Å². The van der Waals surface area contributed by atoms with Gasteiger partial charge in [-0.15, -0.1) is 0 Å². The molecule has 86 valence electrons. The van der Waals surface area contributed by atoms with Crippen LogP contribution in [0.5, 0.6) is 0 Å². The molecule has 1 atom stereocenters. The summed E-state index contributed by atoms with van der Waals surface area (Å²) in [6.45, 7) is 4.59. The number of benzene rings is 1. The Balaban J connectivity index is 2.64. The van der Waals surface area contributed by atoms with E-state index in [1.807, 2.05) is 24.6 Å². The van der Waals surface area contributed by atoms with Crippen molar-refractivity contribution >= 4 is 22.5 Å². The third kappa shape index (κ3) is 1.93. The second-order valence-electron chi connectivity index (χ2n) is 4.23. The molecule has 0 spiro atoms. The largest absolute Gasteiger partial charge is 0.346 e. The van der Waals surface area contributed by atoms with Crippen LogP contribution in [0.15, 0.2) is 18.3 Å². The molecule has 1 heterocycles. The van der Waals surface area contributed by atoms with Crippen LogP contribution in [-0.4, -0.2) is 10.6 Å². The van der Waals surface area contributed by atoms with Crippen LogP contribution in [0.1, 0.15) is 12.5 Å². The third-order valence-electron chi connectivity index (χ3n) is 2.61. The zero-order chi connectivity index (χ0) is 11.9. The number of aryl methyl sites for hydroxylation is 1. The molecule has 2 N–H and O–H groups in total. The predicted octanol–water partition coefficient (Wildman–Crippen LogP) is 3.09. The predicted molar refractivity (Wildman–Crippen MR) is 65.3 cm³/mol. The molecule has 1 aromatic carbocycles. The van der Waals surface area contributed by atoms with E-state index in [1.165, 1.54) is 6.07 Å². The number of hydrogen-bond acceptors (Lipinski definition) is 1. The molecule has 0 aliphatic heterocycles. The van der Waals surface area contributed by atoms with E-state index in [4.69, 9.17) is 17.3 Å². The lowest BCUT2D eigenvalue weighted by molar-refractivity contribution is 0.604. The van der Waals surface area contributed by atoms with Gasteiger partial charge in [-0.3, -0.25) is 0 Å². The molecule has 0 amide bonds. The van der Waals surface area contributed by atoms with Crippen LogP contribution < -0.4 is 5.73 Å². The van der Waals surface area contributed by atoms with Gasteiger partial charge >= 0.3 is 0 Å². The zero-order valence-electron chi connectivity index (χ0n) is 9.30. The molecule has 2 aromatic rings. The van der Waals surface area contributed by atoms with Crippen molar-refractivity contribution in [3.63, 3.8) is 0 Å². The number of halogens is 2. The molecule has 0 aliphatic carbocycles. The first-order valence-electron chi connectivity index (χ1n) is 5.19. The Labute approximate surface area is 98.8 Å². The topological polar surface area (TPSA) is 30.9 Å². The number of hydrogen-bond donors (Lipinski definition) is 1. The lowest BCUT2D eigenvalue weighted by atomic mass is 10.2. The summed E-state index contributed by atoms with van der Waals surface area (Å²) < 4.78 is 15.3. The van der Waals surface area contributed by atoms with Crippen LogP contribution in [0.3, 0.4) is 0 Å². The van der Waals surface area contributed by atoms with Crippen LogP contribution in [0.4, 0.5) is 4.39 Å². The highest BCUT2D eigenvalue weighted by molar-refractivity contribution is 6.31. The van der Waals surface area contributed by atoms with Gasteiger partial charge < -0.3 is 10.3 Å². The highest BCUT2D eigenvalue weighted by atomic mass is 35.5. The molecule has 0 aliphatic rings. The molecule has 0 saturated carbocycles. The van der Waals surface area contributed by atoms with Gasteiger partial charge in [0, 0.05) is 24.2 Å². The first-order valence-corrected chi connectivity index (χ1v) is 5.57. The molecule has 0 radical (unpaired) electrons. The molecule has 4 heteroatoms. The maximum atomic E-state index is 13.3. The van der Waals surface area contributed by atoms with Crippen LogP contribution in [-0.2, 0) is 6.54 Å². The summed E-state index contributed by atoms with van der Waals surface area (Å²) in [4.78, 5) is 0. The summed E-state index contributed by atoms with van der Waals surface area (Å²) in [5.74, 6) is -0.379. The van der Waals surface area contributed by atoms with Crippen molar-refractivity contribution in [2.24, 2.45) is 5.73 Å². The summed E-state index contributed by atoms with van der Waals surface area (Å²) in [6, 6.07) is 3.19. The van der Waals surface area contributed by atoms with Crippen molar-refractivity contribution in [3.05, 3.63) is 34.7 Å². The second-order valence-corrected chi connectivity index (χ2v) is 4.63. The van der Waals surface area contributed by atoms with Crippen molar-refractivity contribution in [3.8, 4) is 0 Å². The molecule has 0 bridgehead atoms. The van der Waals surface area contributed by atoms with Gasteiger partial charge in [0.2, 0.25) is 0 Å². The van der Waals surface area contributed by atoms with Crippen LogP contribution >= 0.6 is 11.6 Å². The van der Waals surface area contributed by atoms with E-state index >= 15 is 0 Å². The maximum absolute atomic E-state index is 13.3. The van der Waals surface area contributed by atoms with Gasteiger partial charge in [0.15, 0.2) is 0 Å². The molecule has 1 aromatic heterocycles. The van der Waals surface area contributed by atoms with Gasteiger partial charge in [-0.1, -0.05) is 11.6 Å². The molecule has 16 heavy (non-hydrogen) atoms. The van der Waals surface area contributed by atoms with Crippen LogP contribution in [0.25, 0.3) is 10.9 Å². The fourth-order valence-electron chi connectivity index (χ4n) is 1.92. The molecular formula is C12H14ClFN2. The van der Waals surface area contributed by atoms with E-state index in [0.717, 1.165) is 16.5 Å². The average molecular weight is 241 g/mol. The lowest BCUT2D eigenvalue weighted by Crippen LogP contribution is -2.21. The Bertz CT molecular complexity index is 531. The third-order valence-corrected chi connectivity index (χ3v) is 2.90. The summed E-state index contributed by atoms with van der Waals surface area (Å²) in [5.41, 5.74) is 7.73. The minimum atomic E-state index is -0.379. The van der Waals surface area contributed by atoms with Gasteiger partial charge in [0.25, 0.3) is 0 Å². The lowest BCUT2D eigenvalue weighted by Gasteiger charge is -2.08. The SMILES string of the molecule is Cc1cn(C[C@H](C)N)c2cc(Cl)c(F)cc12. The Morgan fingerprint density at radius 1 is 1.50 bits per heavy atom. The van der Waals surface area contributed by atoms with E-state index in [-0.39, 0.29) is 16.9 Å². The van der Waals surface area contributed by atoms with Crippen molar-refractivity contribution in [2.45, 2.75) is 26.4 Å². The number of nitrogens with zero attached hydrogens (tertiary/aromatic N) is 1. The molecule has 0 fully saturated rings. The van der Waals surface area contributed by atoms with Gasteiger partial charge in [-0.2, -0.15) is 0 Å². The second kappa shape index (κ2) is 4.07. The minimum absolute atomic E-state index is 0.0545. The normalized spacial score (nSPS) is 13.3. The highest BCUT2D eigenvalue weighted by Crippen LogP contribution is 2.26. The first kappa shape index (κ1) is 11.4. The van der Waals surface area contributed by atoms with Gasteiger partial charge in [-0.25, -0.2) is 4.39 Å². The summed E-state index contributed by atoms with van der Waals surface area (Å²) >= 11 is 5.79. The number of fused-ring (bicyclic) bond motifs is 1. The Kier molecular flexibility index (Phi) is 2.91. The van der Waals surface area contributed by atoms with Crippen molar-refractivity contribution in [1.82, 2.24) is 4.57 Å². The molecule has 2 nitrogen and oxygen atoms in total. The molecule has 0 saturated heterocycles. The van der Waals surface area contributed by atoms with E-state index in [2.05, 4.69) is 0 Å². The van der Waals surface area contributed by atoms with Gasteiger partial charge in [-0.05, 0) is 31.5 Å². The van der Waals surface area contributed by atoms with Crippen LogP contribution in [0, 0.1) is 12.7 Å². The number of nitrogens with two attached hydrogens (primary N) is 1. The molecule has 0 unspecified atom stereocenters. The Hall–Kier alpha value is -1.06.